The zero-order chi connectivity index (χ0) is 12.0. The molecule has 0 radical (unpaired) electrons. The van der Waals surface area contributed by atoms with Gasteiger partial charge in [0, 0.05) is 19.3 Å². The summed E-state index contributed by atoms with van der Waals surface area (Å²) < 4.78 is 5.09. The highest BCUT2D eigenvalue weighted by molar-refractivity contribution is 5.48. The predicted molar refractivity (Wildman–Crippen MR) is 64.7 cm³/mol. The average molecular weight is 219 g/mol. The highest BCUT2D eigenvalue weighted by Gasteiger charge is 2.08. The molecule has 1 aromatic rings. The minimum absolute atomic E-state index is 0.160. The van der Waals surface area contributed by atoms with Crippen molar-refractivity contribution in [1.82, 2.24) is 5.32 Å². The number of hydrogen-bond acceptors (Lipinski definition) is 4. The number of likely N-dealkylation sites (N-methyl/N-ethyl adjacent to an activating group) is 2. The van der Waals surface area contributed by atoms with Gasteiger partial charge >= 0.3 is 0 Å². The van der Waals surface area contributed by atoms with Crippen LogP contribution in [-0.2, 0) is 0 Å². The van der Waals surface area contributed by atoms with E-state index in [1.807, 2.05) is 36.2 Å². The second-order valence-corrected chi connectivity index (χ2v) is 3.55. The summed E-state index contributed by atoms with van der Waals surface area (Å²) in [5.74, 6) is 0.836. The van der Waals surface area contributed by atoms with Crippen LogP contribution in [0, 0.1) is 11.3 Å². The van der Waals surface area contributed by atoms with Gasteiger partial charge in [0.25, 0.3) is 0 Å². The number of anilines is 1. The summed E-state index contributed by atoms with van der Waals surface area (Å²) in [5, 5.41) is 11.8. The first-order valence-corrected chi connectivity index (χ1v) is 5.13. The number of nitriles is 1. The fraction of sp³-hybridized carbons (Fsp3) is 0.417. The zero-order valence-electron chi connectivity index (χ0n) is 9.90. The zero-order valence-corrected chi connectivity index (χ0v) is 9.90. The first-order chi connectivity index (χ1) is 7.71. The molecular formula is C12H17N3O. The Morgan fingerprint density at radius 3 is 2.50 bits per heavy atom. The Hall–Kier alpha value is -1.73. The number of methoxy groups -OCH3 is 1. The summed E-state index contributed by atoms with van der Waals surface area (Å²) in [5.41, 5.74) is 1.07. The Morgan fingerprint density at radius 2 is 2.06 bits per heavy atom. The molecule has 0 aliphatic rings. The lowest BCUT2D eigenvalue weighted by Crippen LogP contribution is -2.36. The number of benzene rings is 1. The summed E-state index contributed by atoms with van der Waals surface area (Å²) in [4.78, 5) is 2.03. The van der Waals surface area contributed by atoms with E-state index >= 15 is 0 Å². The van der Waals surface area contributed by atoms with Crippen molar-refractivity contribution in [2.75, 3.05) is 32.6 Å². The van der Waals surface area contributed by atoms with E-state index in [9.17, 15) is 0 Å². The van der Waals surface area contributed by atoms with Crippen molar-refractivity contribution in [2.24, 2.45) is 0 Å². The Kier molecular flexibility index (Phi) is 4.62. The van der Waals surface area contributed by atoms with Crippen LogP contribution < -0.4 is 15.0 Å². The summed E-state index contributed by atoms with van der Waals surface area (Å²) in [6.07, 6.45) is 0. The van der Waals surface area contributed by atoms with Crippen molar-refractivity contribution in [3.05, 3.63) is 24.3 Å². The van der Waals surface area contributed by atoms with Crippen LogP contribution >= 0.6 is 0 Å². The largest absolute Gasteiger partial charge is 0.497 e. The summed E-state index contributed by atoms with van der Waals surface area (Å²) in [6, 6.07) is 9.81. The number of ether oxygens (including phenoxy) is 1. The Labute approximate surface area is 96.4 Å². The molecule has 1 unspecified atom stereocenters. The van der Waals surface area contributed by atoms with E-state index in [0.717, 1.165) is 11.4 Å². The van der Waals surface area contributed by atoms with Crippen molar-refractivity contribution in [1.29, 1.82) is 5.26 Å². The van der Waals surface area contributed by atoms with E-state index in [2.05, 4.69) is 11.4 Å². The third-order valence-electron chi connectivity index (χ3n) is 2.47. The lowest BCUT2D eigenvalue weighted by molar-refractivity contribution is 0.415. The molecule has 1 aromatic carbocycles. The third kappa shape index (κ3) is 3.14. The van der Waals surface area contributed by atoms with Crippen LogP contribution in [0.2, 0.25) is 0 Å². The van der Waals surface area contributed by atoms with E-state index in [-0.39, 0.29) is 6.04 Å². The molecule has 86 valence electrons. The summed E-state index contributed by atoms with van der Waals surface area (Å²) in [6.45, 7) is 0.652. The molecule has 1 atom stereocenters. The molecule has 0 fully saturated rings. The minimum atomic E-state index is -0.160. The maximum absolute atomic E-state index is 8.84. The van der Waals surface area contributed by atoms with Crippen molar-refractivity contribution in [3.8, 4) is 11.8 Å². The quantitative estimate of drug-likeness (QED) is 0.809. The second-order valence-electron chi connectivity index (χ2n) is 3.55. The van der Waals surface area contributed by atoms with Gasteiger partial charge in [-0.05, 0) is 31.3 Å². The standard InChI is InChI=1S/C12H17N3O/c1-14-10(8-13)9-15(2)11-4-6-12(16-3)7-5-11/h4-7,10,14H,9H2,1-3H3. The Morgan fingerprint density at radius 1 is 1.44 bits per heavy atom. The van der Waals surface area contributed by atoms with Crippen LogP contribution in [0.3, 0.4) is 0 Å². The topological polar surface area (TPSA) is 48.3 Å². The van der Waals surface area contributed by atoms with E-state index in [1.165, 1.54) is 0 Å². The maximum Gasteiger partial charge on any atom is 0.119 e. The molecule has 0 aliphatic carbocycles. The molecule has 16 heavy (non-hydrogen) atoms. The lowest BCUT2D eigenvalue weighted by Gasteiger charge is -2.21. The van der Waals surface area contributed by atoms with Gasteiger partial charge in [-0.3, -0.25) is 0 Å². The molecule has 0 saturated heterocycles. The van der Waals surface area contributed by atoms with Crippen LogP contribution in [0.15, 0.2) is 24.3 Å². The fourth-order valence-corrected chi connectivity index (χ4v) is 1.41. The highest BCUT2D eigenvalue weighted by Crippen LogP contribution is 2.17. The summed E-state index contributed by atoms with van der Waals surface area (Å²) >= 11 is 0. The van der Waals surface area contributed by atoms with Crippen LogP contribution in [0.5, 0.6) is 5.75 Å². The smallest absolute Gasteiger partial charge is 0.119 e. The monoisotopic (exact) mass is 219 g/mol. The van der Waals surface area contributed by atoms with Gasteiger partial charge in [0.05, 0.1) is 13.2 Å². The van der Waals surface area contributed by atoms with Gasteiger partial charge in [0.1, 0.15) is 11.8 Å². The predicted octanol–water partition coefficient (Wildman–Crippen LogP) is 1.24. The van der Waals surface area contributed by atoms with Gasteiger partial charge in [-0.15, -0.1) is 0 Å². The Bertz CT molecular complexity index is 356. The number of nitrogens with zero attached hydrogens (tertiary/aromatic N) is 2. The van der Waals surface area contributed by atoms with Crippen LogP contribution in [0.1, 0.15) is 0 Å². The van der Waals surface area contributed by atoms with Gasteiger partial charge < -0.3 is 15.0 Å². The Balaban J connectivity index is 2.65. The van der Waals surface area contributed by atoms with Gasteiger partial charge in [-0.2, -0.15) is 5.26 Å². The first kappa shape index (κ1) is 12.3. The molecule has 0 aromatic heterocycles. The normalized spacial score (nSPS) is 11.6. The molecule has 0 saturated carbocycles. The van der Waals surface area contributed by atoms with Gasteiger partial charge in [0.15, 0.2) is 0 Å². The van der Waals surface area contributed by atoms with Gasteiger partial charge in [-0.25, -0.2) is 0 Å². The molecule has 0 amide bonds. The molecule has 1 N–H and O–H groups in total. The fourth-order valence-electron chi connectivity index (χ4n) is 1.41. The second kappa shape index (κ2) is 5.99. The highest BCUT2D eigenvalue weighted by atomic mass is 16.5. The van der Waals surface area contributed by atoms with Crippen molar-refractivity contribution in [2.45, 2.75) is 6.04 Å². The number of hydrogen-bond donors (Lipinski definition) is 1. The molecule has 0 bridgehead atoms. The van der Waals surface area contributed by atoms with Gasteiger partial charge in [0.2, 0.25) is 0 Å². The maximum atomic E-state index is 8.84. The van der Waals surface area contributed by atoms with E-state index in [4.69, 9.17) is 10.00 Å². The third-order valence-corrected chi connectivity index (χ3v) is 2.47. The lowest BCUT2D eigenvalue weighted by atomic mass is 10.2. The number of rotatable bonds is 5. The SMILES string of the molecule is CNC(C#N)CN(C)c1ccc(OC)cc1. The molecule has 0 aliphatic heterocycles. The van der Waals surface area contributed by atoms with Crippen molar-refractivity contribution >= 4 is 5.69 Å². The van der Waals surface area contributed by atoms with Crippen LogP contribution in [0.4, 0.5) is 5.69 Å². The molecule has 0 heterocycles. The average Bonchev–Trinajstić information content (AvgIpc) is 2.35. The van der Waals surface area contributed by atoms with Crippen molar-refractivity contribution < 1.29 is 4.74 Å². The van der Waals surface area contributed by atoms with E-state index in [0.29, 0.717) is 6.54 Å². The first-order valence-electron chi connectivity index (χ1n) is 5.13. The summed E-state index contributed by atoms with van der Waals surface area (Å²) in [7, 11) is 5.39. The minimum Gasteiger partial charge on any atom is -0.497 e. The molecule has 1 rings (SSSR count). The van der Waals surface area contributed by atoms with Gasteiger partial charge in [-0.1, -0.05) is 0 Å². The van der Waals surface area contributed by atoms with Crippen molar-refractivity contribution in [3.63, 3.8) is 0 Å². The number of nitrogens with one attached hydrogen (secondary N) is 1. The molecule has 0 spiro atoms. The van der Waals surface area contributed by atoms with Crippen LogP contribution in [0.25, 0.3) is 0 Å². The molecular weight excluding hydrogens is 202 g/mol. The van der Waals surface area contributed by atoms with E-state index < -0.39 is 0 Å². The van der Waals surface area contributed by atoms with E-state index in [1.54, 1.807) is 14.2 Å². The molecule has 4 nitrogen and oxygen atoms in total. The van der Waals surface area contributed by atoms with Crippen LogP contribution in [-0.4, -0.2) is 33.8 Å². The molecule has 4 heteroatoms.